The number of likely N-dealkylation sites (N-methyl/N-ethyl adjacent to an activating group) is 1. The smallest absolute Gasteiger partial charge is 0.221 e. The number of nitrogens with one attached hydrogen (secondary N) is 1. The van der Waals surface area contributed by atoms with Gasteiger partial charge in [0.2, 0.25) is 5.65 Å². The largest absolute Gasteiger partial charge is 0.365 e. The van der Waals surface area contributed by atoms with Crippen molar-refractivity contribution in [2.24, 2.45) is 0 Å². The molecule has 7 nitrogen and oxygen atoms in total. The molecule has 3 aromatic heterocycles. The maximum absolute atomic E-state index is 4.30. The summed E-state index contributed by atoms with van der Waals surface area (Å²) in [6.45, 7) is 0.743. The summed E-state index contributed by atoms with van der Waals surface area (Å²) < 4.78 is 1.60. The number of hydrogen-bond acceptors (Lipinski definition) is 7. The van der Waals surface area contributed by atoms with Gasteiger partial charge in [-0.15, -0.1) is 16.4 Å². The molecule has 0 aliphatic carbocycles. The van der Waals surface area contributed by atoms with Gasteiger partial charge in [0.25, 0.3) is 0 Å². The van der Waals surface area contributed by atoms with E-state index in [0.717, 1.165) is 6.54 Å². The molecule has 0 radical (unpaired) electrons. The van der Waals surface area contributed by atoms with Crippen LogP contribution in [0.15, 0.2) is 29.9 Å². The molecule has 3 rings (SSSR count). The Morgan fingerprint density at radius 2 is 2.35 bits per heavy atom. The van der Waals surface area contributed by atoms with Gasteiger partial charge in [0.05, 0.1) is 12.2 Å². The number of tetrazole rings is 1. The van der Waals surface area contributed by atoms with Crippen LogP contribution in [-0.4, -0.2) is 50.6 Å². The lowest BCUT2D eigenvalue weighted by atomic mass is 10.2. The molecule has 0 fully saturated rings. The second-order valence-corrected chi connectivity index (χ2v) is 5.58. The van der Waals surface area contributed by atoms with Crippen LogP contribution in [0.4, 0.5) is 5.82 Å². The standard InChI is InChI=1S/C12H15N7S/c1-18(2)9(10-4-3-7-20-10)8-14-11-12-15-16-17-19(12)6-5-13-11/h3-7,9H,8H2,1-2H3,(H,13,14)/t9-/m0/s1. The maximum atomic E-state index is 4.30. The maximum Gasteiger partial charge on any atom is 0.221 e. The first-order chi connectivity index (χ1) is 9.75. The van der Waals surface area contributed by atoms with E-state index in [1.54, 1.807) is 28.2 Å². The average molecular weight is 289 g/mol. The van der Waals surface area contributed by atoms with Crippen molar-refractivity contribution in [3.05, 3.63) is 34.8 Å². The molecule has 20 heavy (non-hydrogen) atoms. The second kappa shape index (κ2) is 5.51. The molecule has 1 N–H and O–H groups in total. The van der Waals surface area contributed by atoms with Gasteiger partial charge >= 0.3 is 0 Å². The minimum atomic E-state index is 0.285. The monoisotopic (exact) mass is 289 g/mol. The number of nitrogens with zero attached hydrogens (tertiary/aromatic N) is 6. The van der Waals surface area contributed by atoms with Crippen molar-refractivity contribution in [3.8, 4) is 0 Å². The minimum Gasteiger partial charge on any atom is -0.365 e. The van der Waals surface area contributed by atoms with E-state index in [-0.39, 0.29) is 6.04 Å². The highest BCUT2D eigenvalue weighted by Gasteiger charge is 2.16. The van der Waals surface area contributed by atoms with Gasteiger partial charge in [-0.25, -0.2) is 4.98 Å². The molecule has 0 unspecified atom stereocenters. The summed E-state index contributed by atoms with van der Waals surface area (Å²) in [5, 5.41) is 16.9. The summed E-state index contributed by atoms with van der Waals surface area (Å²) in [5.41, 5.74) is 0.635. The normalized spacial score (nSPS) is 12.9. The lowest BCUT2D eigenvalue weighted by Gasteiger charge is -2.23. The molecule has 8 heteroatoms. The first-order valence-electron chi connectivity index (χ1n) is 6.22. The van der Waals surface area contributed by atoms with Gasteiger partial charge in [0, 0.05) is 17.6 Å². The molecule has 0 aliphatic heterocycles. The third-order valence-corrected chi connectivity index (χ3v) is 4.05. The zero-order valence-corrected chi connectivity index (χ0v) is 12.1. The van der Waals surface area contributed by atoms with Crippen molar-refractivity contribution in [3.63, 3.8) is 0 Å². The van der Waals surface area contributed by atoms with Crippen LogP contribution in [-0.2, 0) is 0 Å². The Hall–Kier alpha value is -2.06. The van der Waals surface area contributed by atoms with Gasteiger partial charge in [-0.2, -0.15) is 4.52 Å². The van der Waals surface area contributed by atoms with Gasteiger partial charge in [0.15, 0.2) is 5.82 Å². The molecule has 0 aromatic carbocycles. The van der Waals surface area contributed by atoms with Crippen LogP contribution in [0.1, 0.15) is 10.9 Å². The van der Waals surface area contributed by atoms with Crippen LogP contribution in [0, 0.1) is 0 Å². The van der Waals surface area contributed by atoms with Crippen LogP contribution in [0.5, 0.6) is 0 Å². The van der Waals surface area contributed by atoms with E-state index >= 15 is 0 Å². The van der Waals surface area contributed by atoms with Gasteiger partial charge in [0.1, 0.15) is 0 Å². The molecule has 3 aromatic rings. The molecule has 0 bridgehead atoms. The SMILES string of the molecule is CN(C)[C@@H](CNc1nccn2nnnc12)c1cccs1. The summed E-state index contributed by atoms with van der Waals surface area (Å²) in [7, 11) is 4.14. The summed E-state index contributed by atoms with van der Waals surface area (Å²) >= 11 is 1.75. The van der Waals surface area contributed by atoms with Gasteiger partial charge < -0.3 is 10.2 Å². The van der Waals surface area contributed by atoms with Crippen molar-refractivity contribution >= 4 is 22.8 Å². The second-order valence-electron chi connectivity index (χ2n) is 4.60. The minimum absolute atomic E-state index is 0.285. The van der Waals surface area contributed by atoms with E-state index in [2.05, 4.69) is 62.3 Å². The Kier molecular flexibility index (Phi) is 3.57. The van der Waals surface area contributed by atoms with E-state index in [4.69, 9.17) is 0 Å². The predicted octanol–water partition coefficient (Wildman–Crippen LogP) is 1.30. The van der Waals surface area contributed by atoms with Crippen molar-refractivity contribution in [2.45, 2.75) is 6.04 Å². The summed E-state index contributed by atoms with van der Waals surface area (Å²) in [6.07, 6.45) is 3.41. The highest BCUT2D eigenvalue weighted by atomic mass is 32.1. The zero-order chi connectivity index (χ0) is 13.9. The molecule has 0 aliphatic rings. The molecule has 3 heterocycles. The lowest BCUT2D eigenvalue weighted by molar-refractivity contribution is 0.316. The fourth-order valence-electron chi connectivity index (χ4n) is 2.02. The van der Waals surface area contributed by atoms with Crippen molar-refractivity contribution in [1.82, 2.24) is 29.9 Å². The molecule has 0 saturated heterocycles. The quantitative estimate of drug-likeness (QED) is 0.763. The van der Waals surface area contributed by atoms with E-state index in [0.29, 0.717) is 11.5 Å². The van der Waals surface area contributed by atoms with Crippen molar-refractivity contribution in [2.75, 3.05) is 26.0 Å². The van der Waals surface area contributed by atoms with Gasteiger partial charge in [-0.05, 0) is 36.0 Å². The fourth-order valence-corrected chi connectivity index (χ4v) is 2.94. The average Bonchev–Trinajstić information content (AvgIpc) is 3.09. The van der Waals surface area contributed by atoms with E-state index in [1.807, 2.05) is 0 Å². The molecule has 0 spiro atoms. The molecule has 0 amide bonds. The van der Waals surface area contributed by atoms with Crippen molar-refractivity contribution < 1.29 is 0 Å². The number of rotatable bonds is 5. The van der Waals surface area contributed by atoms with E-state index in [1.165, 1.54) is 4.88 Å². The Balaban J connectivity index is 1.79. The number of fused-ring (bicyclic) bond motifs is 1. The molecule has 0 saturated carbocycles. The van der Waals surface area contributed by atoms with Gasteiger partial charge in [-0.1, -0.05) is 6.07 Å². The Morgan fingerprint density at radius 1 is 1.45 bits per heavy atom. The van der Waals surface area contributed by atoms with E-state index < -0.39 is 0 Å². The number of anilines is 1. The third-order valence-electron chi connectivity index (χ3n) is 3.07. The topological polar surface area (TPSA) is 71.2 Å². The zero-order valence-electron chi connectivity index (χ0n) is 11.3. The van der Waals surface area contributed by atoms with Crippen LogP contribution >= 0.6 is 11.3 Å². The lowest BCUT2D eigenvalue weighted by Crippen LogP contribution is -2.26. The summed E-state index contributed by atoms with van der Waals surface area (Å²) in [6, 6.07) is 4.50. The number of hydrogen-bond donors (Lipinski definition) is 1. The van der Waals surface area contributed by atoms with Crippen LogP contribution in [0.2, 0.25) is 0 Å². The van der Waals surface area contributed by atoms with Crippen LogP contribution < -0.4 is 5.32 Å². The molecule has 104 valence electrons. The Morgan fingerprint density at radius 3 is 3.10 bits per heavy atom. The van der Waals surface area contributed by atoms with Crippen LogP contribution in [0.3, 0.4) is 0 Å². The van der Waals surface area contributed by atoms with Crippen molar-refractivity contribution in [1.29, 1.82) is 0 Å². The molecular weight excluding hydrogens is 274 g/mol. The van der Waals surface area contributed by atoms with E-state index in [9.17, 15) is 0 Å². The molecular formula is C12H15N7S. The highest BCUT2D eigenvalue weighted by molar-refractivity contribution is 7.10. The number of aromatic nitrogens is 5. The first kappa shape index (κ1) is 12.9. The predicted molar refractivity (Wildman–Crippen MR) is 77.8 cm³/mol. The number of thiophene rings is 1. The van der Waals surface area contributed by atoms with Crippen LogP contribution in [0.25, 0.3) is 5.65 Å². The first-order valence-corrected chi connectivity index (χ1v) is 7.10. The summed E-state index contributed by atoms with van der Waals surface area (Å²) in [5.74, 6) is 0.695. The third kappa shape index (κ3) is 2.47. The fraction of sp³-hybridized carbons (Fsp3) is 0.333. The molecule has 1 atom stereocenters. The van der Waals surface area contributed by atoms with Gasteiger partial charge in [-0.3, -0.25) is 0 Å². The summed E-state index contributed by atoms with van der Waals surface area (Å²) in [4.78, 5) is 7.80. The Labute approximate surface area is 120 Å². The Bertz CT molecular complexity index is 676. The highest BCUT2D eigenvalue weighted by Crippen LogP contribution is 2.23.